The Bertz CT molecular complexity index is 523. The van der Waals surface area contributed by atoms with Gasteiger partial charge < -0.3 is 14.2 Å². The molecule has 0 aliphatic carbocycles. The Balaban J connectivity index is 1.66. The maximum atomic E-state index is 12.4. The van der Waals surface area contributed by atoms with Gasteiger partial charge in [-0.15, -0.1) is 0 Å². The van der Waals surface area contributed by atoms with E-state index in [1.165, 1.54) is 6.42 Å². The van der Waals surface area contributed by atoms with Gasteiger partial charge in [0.1, 0.15) is 13.2 Å². The molecule has 0 amide bonds. The molecular formula is C16H19BrO4. The van der Waals surface area contributed by atoms with Crippen molar-refractivity contribution in [3.63, 3.8) is 0 Å². The molecule has 0 spiro atoms. The maximum Gasteiger partial charge on any atom is 0.164 e. The number of carbonyl (C=O) groups is 1. The van der Waals surface area contributed by atoms with Gasteiger partial charge in [-0.25, -0.2) is 0 Å². The topological polar surface area (TPSA) is 44.8 Å². The Morgan fingerprint density at radius 2 is 1.90 bits per heavy atom. The van der Waals surface area contributed by atoms with Gasteiger partial charge in [-0.05, 0) is 53.7 Å². The van der Waals surface area contributed by atoms with Crippen LogP contribution in [-0.2, 0) is 4.74 Å². The van der Waals surface area contributed by atoms with Crippen LogP contribution in [0, 0.1) is 0 Å². The van der Waals surface area contributed by atoms with Gasteiger partial charge in [0.25, 0.3) is 0 Å². The molecule has 2 heterocycles. The van der Waals surface area contributed by atoms with Gasteiger partial charge in [0.2, 0.25) is 0 Å². The highest BCUT2D eigenvalue weighted by atomic mass is 79.9. The van der Waals surface area contributed by atoms with Crippen LogP contribution < -0.4 is 9.47 Å². The fourth-order valence-electron chi connectivity index (χ4n) is 2.74. The monoisotopic (exact) mass is 354 g/mol. The summed E-state index contributed by atoms with van der Waals surface area (Å²) in [5.41, 5.74) is 0.662. The molecule has 1 atom stereocenters. The second kappa shape index (κ2) is 6.79. The number of Topliss-reactive ketones (excluding diaryl/α,β-unsaturated/α-hetero) is 1. The zero-order valence-corrected chi connectivity index (χ0v) is 13.5. The molecule has 0 radical (unpaired) electrons. The zero-order valence-electron chi connectivity index (χ0n) is 11.9. The molecular weight excluding hydrogens is 336 g/mol. The van der Waals surface area contributed by atoms with Crippen LogP contribution in [0.5, 0.6) is 11.5 Å². The van der Waals surface area contributed by atoms with E-state index in [2.05, 4.69) is 15.9 Å². The van der Waals surface area contributed by atoms with E-state index in [1.807, 2.05) is 6.07 Å². The van der Waals surface area contributed by atoms with Crippen LogP contribution in [0.15, 0.2) is 16.6 Å². The quantitative estimate of drug-likeness (QED) is 0.772. The minimum atomic E-state index is 0.119. The first-order valence-corrected chi connectivity index (χ1v) is 8.27. The summed E-state index contributed by atoms with van der Waals surface area (Å²) in [6.45, 7) is 1.90. The van der Waals surface area contributed by atoms with E-state index in [0.717, 1.165) is 30.3 Å². The Morgan fingerprint density at radius 3 is 2.62 bits per heavy atom. The lowest BCUT2D eigenvalue weighted by Gasteiger charge is -2.22. The van der Waals surface area contributed by atoms with Crippen molar-refractivity contribution in [1.82, 2.24) is 0 Å². The van der Waals surface area contributed by atoms with Crippen molar-refractivity contribution in [2.75, 3.05) is 19.8 Å². The van der Waals surface area contributed by atoms with Crippen molar-refractivity contribution in [2.24, 2.45) is 0 Å². The second-order valence-electron chi connectivity index (χ2n) is 5.43. The van der Waals surface area contributed by atoms with Crippen molar-refractivity contribution >= 4 is 21.7 Å². The molecule has 5 heteroatoms. The van der Waals surface area contributed by atoms with E-state index in [-0.39, 0.29) is 11.9 Å². The lowest BCUT2D eigenvalue weighted by atomic mass is 10.00. The number of hydrogen-bond donors (Lipinski definition) is 0. The number of halogens is 1. The Hall–Kier alpha value is -1.07. The van der Waals surface area contributed by atoms with E-state index in [1.54, 1.807) is 6.07 Å². The summed E-state index contributed by atoms with van der Waals surface area (Å²) in [5, 5.41) is 0. The number of benzene rings is 1. The molecule has 21 heavy (non-hydrogen) atoms. The minimum absolute atomic E-state index is 0.119. The number of ether oxygens (including phenoxy) is 3. The van der Waals surface area contributed by atoms with Crippen molar-refractivity contribution in [1.29, 1.82) is 0 Å². The van der Waals surface area contributed by atoms with E-state index in [0.29, 0.717) is 36.7 Å². The Labute approximate surface area is 132 Å². The molecule has 1 fully saturated rings. The molecule has 2 aliphatic heterocycles. The first-order chi connectivity index (χ1) is 10.2. The first-order valence-electron chi connectivity index (χ1n) is 7.48. The summed E-state index contributed by atoms with van der Waals surface area (Å²) < 4.78 is 17.5. The molecule has 0 N–H and O–H groups in total. The lowest BCUT2D eigenvalue weighted by molar-refractivity contribution is 0.0104. The summed E-state index contributed by atoms with van der Waals surface area (Å²) in [7, 11) is 0. The van der Waals surface area contributed by atoms with Crippen LogP contribution in [0.2, 0.25) is 0 Å². The third-order valence-electron chi connectivity index (χ3n) is 3.90. The molecule has 3 rings (SSSR count). The number of rotatable bonds is 4. The summed E-state index contributed by atoms with van der Waals surface area (Å²) in [6, 6.07) is 3.60. The molecule has 1 aromatic carbocycles. The largest absolute Gasteiger partial charge is 0.486 e. The van der Waals surface area contributed by atoms with Gasteiger partial charge in [-0.2, -0.15) is 0 Å². The zero-order chi connectivity index (χ0) is 14.7. The van der Waals surface area contributed by atoms with Crippen LogP contribution in [0.4, 0.5) is 0 Å². The number of hydrogen-bond acceptors (Lipinski definition) is 4. The summed E-state index contributed by atoms with van der Waals surface area (Å²) in [5.74, 6) is 1.47. The van der Waals surface area contributed by atoms with Crippen molar-refractivity contribution in [3.05, 3.63) is 22.2 Å². The smallest absolute Gasteiger partial charge is 0.164 e. The van der Waals surface area contributed by atoms with E-state index in [9.17, 15) is 4.79 Å². The molecule has 4 nitrogen and oxygen atoms in total. The van der Waals surface area contributed by atoms with Crippen molar-refractivity contribution in [3.8, 4) is 11.5 Å². The van der Waals surface area contributed by atoms with Gasteiger partial charge in [0.05, 0.1) is 6.10 Å². The van der Waals surface area contributed by atoms with Gasteiger partial charge in [0, 0.05) is 23.1 Å². The second-order valence-corrected chi connectivity index (χ2v) is 6.28. The summed E-state index contributed by atoms with van der Waals surface area (Å²) >= 11 is 3.45. The fraction of sp³-hybridized carbons (Fsp3) is 0.562. The molecule has 1 aromatic rings. The van der Waals surface area contributed by atoms with E-state index >= 15 is 0 Å². The number of ketones is 1. The molecule has 1 unspecified atom stereocenters. The Kier molecular flexibility index (Phi) is 4.80. The summed E-state index contributed by atoms with van der Waals surface area (Å²) in [6.07, 6.45) is 4.93. The first kappa shape index (κ1) is 14.9. The van der Waals surface area contributed by atoms with Gasteiger partial charge in [-0.1, -0.05) is 0 Å². The van der Waals surface area contributed by atoms with Gasteiger partial charge in [0.15, 0.2) is 17.3 Å². The van der Waals surface area contributed by atoms with Gasteiger partial charge in [-0.3, -0.25) is 4.79 Å². The van der Waals surface area contributed by atoms with Crippen LogP contribution in [0.1, 0.15) is 42.5 Å². The predicted molar refractivity (Wildman–Crippen MR) is 82.3 cm³/mol. The Morgan fingerprint density at radius 1 is 1.14 bits per heavy atom. The van der Waals surface area contributed by atoms with Gasteiger partial charge >= 0.3 is 0 Å². The highest BCUT2D eigenvalue weighted by molar-refractivity contribution is 9.10. The number of fused-ring (bicyclic) bond motifs is 1. The SMILES string of the molecule is O=C(CCC1CCCCO1)c1cc2c(cc1Br)OCCO2. The highest BCUT2D eigenvalue weighted by Crippen LogP contribution is 2.36. The molecule has 0 bridgehead atoms. The fourth-order valence-corrected chi connectivity index (χ4v) is 3.28. The lowest BCUT2D eigenvalue weighted by Crippen LogP contribution is -2.20. The average Bonchev–Trinajstić information content (AvgIpc) is 2.53. The van der Waals surface area contributed by atoms with Crippen LogP contribution in [-0.4, -0.2) is 31.7 Å². The van der Waals surface area contributed by atoms with Crippen molar-refractivity contribution in [2.45, 2.75) is 38.2 Å². The molecule has 1 saturated heterocycles. The van der Waals surface area contributed by atoms with E-state index < -0.39 is 0 Å². The maximum absolute atomic E-state index is 12.4. The predicted octanol–water partition coefficient (Wildman–Crippen LogP) is 3.75. The third-order valence-corrected chi connectivity index (χ3v) is 4.56. The standard InChI is InChI=1S/C16H19BrO4/c17-13-10-16-15(20-7-8-21-16)9-12(13)14(18)5-4-11-3-1-2-6-19-11/h9-11H,1-8H2. The average molecular weight is 355 g/mol. The molecule has 2 aliphatic rings. The highest BCUT2D eigenvalue weighted by Gasteiger charge is 2.20. The molecule has 0 saturated carbocycles. The van der Waals surface area contributed by atoms with Crippen molar-refractivity contribution < 1.29 is 19.0 Å². The third kappa shape index (κ3) is 3.58. The molecule has 0 aromatic heterocycles. The number of carbonyl (C=O) groups excluding carboxylic acids is 1. The van der Waals surface area contributed by atoms with Crippen LogP contribution in [0.3, 0.4) is 0 Å². The minimum Gasteiger partial charge on any atom is -0.486 e. The van der Waals surface area contributed by atoms with Crippen LogP contribution >= 0.6 is 15.9 Å². The normalized spacial score (nSPS) is 21.1. The molecule has 114 valence electrons. The van der Waals surface area contributed by atoms with E-state index in [4.69, 9.17) is 14.2 Å². The summed E-state index contributed by atoms with van der Waals surface area (Å²) in [4.78, 5) is 12.4. The van der Waals surface area contributed by atoms with Crippen LogP contribution in [0.25, 0.3) is 0 Å².